The number of ether oxygens (including phenoxy) is 1. The molecule has 0 saturated carbocycles. The average Bonchev–Trinajstić information content (AvgIpc) is 2.30. The van der Waals surface area contributed by atoms with E-state index in [4.69, 9.17) is 22.1 Å². The van der Waals surface area contributed by atoms with Gasteiger partial charge in [0, 0.05) is 4.47 Å². The van der Waals surface area contributed by atoms with Gasteiger partial charge in [-0.05, 0) is 36.7 Å². The summed E-state index contributed by atoms with van der Waals surface area (Å²) in [5, 5.41) is -0.00731. The second-order valence-electron chi connectivity index (χ2n) is 3.47. The van der Waals surface area contributed by atoms with Crippen molar-refractivity contribution in [1.82, 2.24) is 9.97 Å². The lowest BCUT2D eigenvalue weighted by molar-refractivity contribution is 0.428. The lowest BCUT2D eigenvalue weighted by atomic mass is 10.3. The van der Waals surface area contributed by atoms with Crippen LogP contribution in [0.15, 0.2) is 22.7 Å². The lowest BCUT2D eigenvalue weighted by Crippen LogP contribution is -2.01. The van der Waals surface area contributed by atoms with E-state index in [9.17, 15) is 4.39 Å². The first kappa shape index (κ1) is 13.0. The van der Waals surface area contributed by atoms with Crippen molar-refractivity contribution >= 4 is 33.2 Å². The molecule has 18 heavy (non-hydrogen) atoms. The molecule has 0 saturated heterocycles. The number of rotatable bonds is 2. The third kappa shape index (κ3) is 2.70. The maximum Gasteiger partial charge on any atom is 0.247 e. The van der Waals surface area contributed by atoms with Gasteiger partial charge in [-0.15, -0.1) is 0 Å². The van der Waals surface area contributed by atoms with Crippen molar-refractivity contribution in [3.05, 3.63) is 39.5 Å². The first-order valence-electron chi connectivity index (χ1n) is 4.90. The molecule has 0 amide bonds. The SMILES string of the molecule is Cc1nc(Cl)nc(Oc2cc(Br)ccc2F)c1N. The van der Waals surface area contributed by atoms with Crippen LogP contribution in [0, 0.1) is 12.7 Å². The minimum Gasteiger partial charge on any atom is -0.434 e. The van der Waals surface area contributed by atoms with Crippen molar-refractivity contribution in [3.8, 4) is 11.6 Å². The van der Waals surface area contributed by atoms with Crippen LogP contribution in [0.3, 0.4) is 0 Å². The summed E-state index contributed by atoms with van der Waals surface area (Å²) >= 11 is 8.92. The van der Waals surface area contributed by atoms with Crippen molar-refractivity contribution in [2.75, 3.05) is 5.73 Å². The largest absolute Gasteiger partial charge is 0.434 e. The van der Waals surface area contributed by atoms with Gasteiger partial charge in [-0.3, -0.25) is 0 Å². The number of benzene rings is 1. The Labute approximate surface area is 116 Å². The number of aromatic nitrogens is 2. The topological polar surface area (TPSA) is 61.0 Å². The summed E-state index contributed by atoms with van der Waals surface area (Å²) in [6, 6.07) is 4.30. The summed E-state index contributed by atoms with van der Waals surface area (Å²) in [7, 11) is 0. The molecule has 2 N–H and O–H groups in total. The van der Waals surface area contributed by atoms with E-state index in [2.05, 4.69) is 25.9 Å². The van der Waals surface area contributed by atoms with Gasteiger partial charge in [0.2, 0.25) is 11.2 Å². The zero-order valence-electron chi connectivity index (χ0n) is 9.25. The highest BCUT2D eigenvalue weighted by molar-refractivity contribution is 9.10. The third-order valence-electron chi connectivity index (χ3n) is 2.17. The molecule has 0 aliphatic heterocycles. The summed E-state index contributed by atoms with van der Waals surface area (Å²) < 4.78 is 19.5. The zero-order chi connectivity index (χ0) is 13.3. The highest BCUT2D eigenvalue weighted by Crippen LogP contribution is 2.31. The molecule has 0 spiro atoms. The molecule has 0 atom stereocenters. The van der Waals surface area contributed by atoms with Crippen LogP contribution < -0.4 is 10.5 Å². The van der Waals surface area contributed by atoms with Gasteiger partial charge in [-0.2, -0.15) is 4.98 Å². The van der Waals surface area contributed by atoms with Crippen LogP contribution in [0.25, 0.3) is 0 Å². The molecule has 4 nitrogen and oxygen atoms in total. The van der Waals surface area contributed by atoms with Gasteiger partial charge in [0.1, 0.15) is 5.69 Å². The van der Waals surface area contributed by atoms with Gasteiger partial charge in [-0.25, -0.2) is 9.37 Å². The Morgan fingerprint density at radius 1 is 1.39 bits per heavy atom. The Bertz CT molecular complexity index is 609. The first-order valence-corrected chi connectivity index (χ1v) is 6.07. The van der Waals surface area contributed by atoms with Crippen LogP contribution in [0.2, 0.25) is 5.28 Å². The molecule has 94 valence electrons. The fourth-order valence-corrected chi connectivity index (χ4v) is 1.80. The van der Waals surface area contributed by atoms with Crippen molar-refractivity contribution in [3.63, 3.8) is 0 Å². The van der Waals surface area contributed by atoms with Crippen molar-refractivity contribution in [1.29, 1.82) is 0 Å². The van der Waals surface area contributed by atoms with E-state index < -0.39 is 5.82 Å². The van der Waals surface area contributed by atoms with E-state index in [0.29, 0.717) is 10.2 Å². The summed E-state index contributed by atoms with van der Waals surface area (Å²) in [6.07, 6.45) is 0. The fraction of sp³-hybridized carbons (Fsp3) is 0.0909. The molecular weight excluding hydrogens is 324 g/mol. The number of halogens is 3. The number of aryl methyl sites for hydroxylation is 1. The van der Waals surface area contributed by atoms with E-state index in [1.165, 1.54) is 12.1 Å². The minimum atomic E-state index is -0.523. The van der Waals surface area contributed by atoms with Crippen LogP contribution in [-0.4, -0.2) is 9.97 Å². The number of hydrogen-bond donors (Lipinski definition) is 1. The zero-order valence-corrected chi connectivity index (χ0v) is 11.6. The Morgan fingerprint density at radius 2 is 2.11 bits per heavy atom. The summed E-state index contributed by atoms with van der Waals surface area (Å²) in [4.78, 5) is 7.69. The van der Waals surface area contributed by atoms with Crippen molar-refractivity contribution in [2.45, 2.75) is 6.92 Å². The van der Waals surface area contributed by atoms with Gasteiger partial charge in [0.05, 0.1) is 5.69 Å². The number of hydrogen-bond acceptors (Lipinski definition) is 4. The maximum absolute atomic E-state index is 13.5. The normalized spacial score (nSPS) is 10.4. The molecule has 0 radical (unpaired) electrons. The highest BCUT2D eigenvalue weighted by Gasteiger charge is 2.12. The summed E-state index contributed by atoms with van der Waals surface area (Å²) in [5.41, 5.74) is 6.44. The Kier molecular flexibility index (Phi) is 3.68. The predicted molar refractivity (Wildman–Crippen MR) is 70.4 cm³/mol. The second kappa shape index (κ2) is 5.07. The molecule has 2 rings (SSSR count). The first-order chi connectivity index (χ1) is 8.47. The molecule has 0 aliphatic rings. The van der Waals surface area contributed by atoms with Crippen LogP contribution in [0.4, 0.5) is 10.1 Å². The number of anilines is 1. The van der Waals surface area contributed by atoms with E-state index in [1.54, 1.807) is 13.0 Å². The van der Waals surface area contributed by atoms with E-state index >= 15 is 0 Å². The predicted octanol–water partition coefficient (Wildman–Crippen LogP) is 3.71. The molecule has 2 aromatic rings. The van der Waals surface area contributed by atoms with Gasteiger partial charge in [-0.1, -0.05) is 15.9 Å². The molecule has 1 aromatic heterocycles. The van der Waals surface area contributed by atoms with Crippen LogP contribution >= 0.6 is 27.5 Å². The van der Waals surface area contributed by atoms with Gasteiger partial charge in [0.25, 0.3) is 0 Å². The number of nitrogens with zero attached hydrogens (tertiary/aromatic N) is 2. The summed E-state index contributed by atoms with van der Waals surface area (Å²) in [6.45, 7) is 1.66. The molecule has 0 fully saturated rings. The quantitative estimate of drug-likeness (QED) is 0.852. The molecule has 7 heteroatoms. The Balaban J connectivity index is 2.43. The molecule has 0 unspecified atom stereocenters. The summed E-state index contributed by atoms with van der Waals surface area (Å²) in [5.74, 6) is -0.486. The third-order valence-corrected chi connectivity index (χ3v) is 2.84. The fourth-order valence-electron chi connectivity index (χ4n) is 1.26. The monoisotopic (exact) mass is 331 g/mol. The molecule has 0 aliphatic carbocycles. The average molecular weight is 333 g/mol. The minimum absolute atomic E-state index is 0.00485. The van der Waals surface area contributed by atoms with Crippen LogP contribution in [0.5, 0.6) is 11.6 Å². The van der Waals surface area contributed by atoms with E-state index in [1.807, 2.05) is 0 Å². The Hall–Kier alpha value is -1.40. The maximum atomic E-state index is 13.5. The molecule has 1 aromatic carbocycles. The highest BCUT2D eigenvalue weighted by atomic mass is 79.9. The van der Waals surface area contributed by atoms with Crippen molar-refractivity contribution in [2.24, 2.45) is 0 Å². The van der Waals surface area contributed by atoms with E-state index in [-0.39, 0.29) is 22.6 Å². The standard InChI is InChI=1S/C11H8BrClFN3O/c1-5-9(15)10(17-11(13)16-5)18-8-4-6(12)2-3-7(8)14/h2-4H,15H2,1H3. The van der Waals surface area contributed by atoms with Gasteiger partial charge < -0.3 is 10.5 Å². The second-order valence-corrected chi connectivity index (χ2v) is 4.73. The molecular formula is C11H8BrClFN3O. The molecule has 1 heterocycles. The number of nitrogen functional groups attached to an aromatic ring is 1. The van der Waals surface area contributed by atoms with E-state index in [0.717, 1.165) is 0 Å². The van der Waals surface area contributed by atoms with Crippen molar-refractivity contribution < 1.29 is 9.13 Å². The number of nitrogens with two attached hydrogens (primary N) is 1. The van der Waals surface area contributed by atoms with Crippen LogP contribution in [-0.2, 0) is 0 Å². The lowest BCUT2D eigenvalue weighted by Gasteiger charge is -2.10. The van der Waals surface area contributed by atoms with Gasteiger partial charge >= 0.3 is 0 Å². The smallest absolute Gasteiger partial charge is 0.247 e. The van der Waals surface area contributed by atoms with Gasteiger partial charge in [0.15, 0.2) is 11.6 Å². The van der Waals surface area contributed by atoms with Crippen LogP contribution in [0.1, 0.15) is 5.69 Å². The Morgan fingerprint density at radius 3 is 2.83 bits per heavy atom. The molecule has 0 bridgehead atoms.